The van der Waals surface area contributed by atoms with Gasteiger partial charge in [-0.25, -0.2) is 0 Å². The molecule has 0 radical (unpaired) electrons. The number of piperazine rings is 1. The van der Waals surface area contributed by atoms with Gasteiger partial charge in [-0.05, 0) is 63.2 Å². The van der Waals surface area contributed by atoms with Crippen LogP contribution in [0.4, 0.5) is 11.5 Å². The molecule has 0 saturated carbocycles. The first-order valence-corrected chi connectivity index (χ1v) is 14.3. The summed E-state index contributed by atoms with van der Waals surface area (Å²) >= 11 is 6.66. The SMILES string of the molecule is CN1CCCC1COc1nc2c(c(N3C[C@H]4CC[C@@H](C3)N4)n1)CCN(c1cc(O)cc3cccc(Cl)c13)C2. The quantitative estimate of drug-likeness (QED) is 0.509. The number of halogens is 1. The topological polar surface area (TPSA) is 77.0 Å². The number of phenols is 1. The normalized spacial score (nSPS) is 25.3. The maximum absolute atomic E-state index is 10.5. The smallest absolute Gasteiger partial charge is 0.318 e. The van der Waals surface area contributed by atoms with Crippen molar-refractivity contribution in [2.24, 2.45) is 0 Å². The minimum absolute atomic E-state index is 0.241. The Morgan fingerprint density at radius 1 is 1.08 bits per heavy atom. The summed E-state index contributed by atoms with van der Waals surface area (Å²) in [5.74, 6) is 1.28. The molecule has 0 amide bonds. The van der Waals surface area contributed by atoms with E-state index in [-0.39, 0.29) is 5.75 Å². The zero-order chi connectivity index (χ0) is 25.8. The summed E-state index contributed by atoms with van der Waals surface area (Å²) in [5, 5.41) is 16.8. The van der Waals surface area contributed by atoms with Crippen molar-refractivity contribution >= 4 is 33.9 Å². The third-order valence-electron chi connectivity index (χ3n) is 8.85. The number of benzene rings is 2. The van der Waals surface area contributed by atoms with Crippen molar-refractivity contribution in [1.29, 1.82) is 0 Å². The predicted octanol–water partition coefficient (Wildman–Crippen LogP) is 3.97. The number of aromatic nitrogens is 2. The number of nitrogens with zero attached hydrogens (tertiary/aromatic N) is 5. The number of phenolic OH excluding ortho intramolecular Hbond substituents is 1. The first-order chi connectivity index (χ1) is 18.5. The highest BCUT2D eigenvalue weighted by atomic mass is 35.5. The van der Waals surface area contributed by atoms with Crippen LogP contribution >= 0.6 is 11.6 Å². The lowest BCUT2D eigenvalue weighted by Crippen LogP contribution is -2.52. The first-order valence-electron chi connectivity index (χ1n) is 13.9. The number of hydrogen-bond acceptors (Lipinski definition) is 8. The summed E-state index contributed by atoms with van der Waals surface area (Å²) in [7, 11) is 2.17. The Kier molecular flexibility index (Phi) is 6.21. The Morgan fingerprint density at radius 3 is 2.71 bits per heavy atom. The molecule has 3 fully saturated rings. The molecule has 0 aliphatic carbocycles. The van der Waals surface area contributed by atoms with Crippen LogP contribution in [0.2, 0.25) is 5.02 Å². The largest absolute Gasteiger partial charge is 0.508 e. The molecule has 200 valence electrons. The van der Waals surface area contributed by atoms with Crippen molar-refractivity contribution in [3.8, 4) is 11.8 Å². The van der Waals surface area contributed by atoms with Gasteiger partial charge in [0, 0.05) is 54.8 Å². The molecule has 1 aromatic heterocycles. The summed E-state index contributed by atoms with van der Waals surface area (Å²) in [4.78, 5) is 17.1. The lowest BCUT2D eigenvalue weighted by Gasteiger charge is -2.37. The molecule has 9 heteroatoms. The van der Waals surface area contributed by atoms with Crippen LogP contribution in [0.15, 0.2) is 30.3 Å². The maximum atomic E-state index is 10.5. The van der Waals surface area contributed by atoms with Crippen LogP contribution in [0, 0.1) is 0 Å². The monoisotopic (exact) mass is 534 g/mol. The number of ether oxygens (including phenoxy) is 1. The van der Waals surface area contributed by atoms with Gasteiger partial charge in [-0.3, -0.25) is 0 Å². The second kappa shape index (κ2) is 9.74. The summed E-state index contributed by atoms with van der Waals surface area (Å²) in [6.07, 6.45) is 5.64. The third kappa shape index (κ3) is 4.42. The molecule has 38 heavy (non-hydrogen) atoms. The molecule has 4 aliphatic rings. The van der Waals surface area contributed by atoms with Gasteiger partial charge < -0.3 is 29.9 Å². The molecule has 0 spiro atoms. The highest BCUT2D eigenvalue weighted by molar-refractivity contribution is 6.36. The van der Waals surface area contributed by atoms with Gasteiger partial charge >= 0.3 is 6.01 Å². The van der Waals surface area contributed by atoms with Gasteiger partial charge in [0.05, 0.1) is 22.9 Å². The molecule has 3 saturated heterocycles. The third-order valence-corrected chi connectivity index (χ3v) is 9.16. The zero-order valence-corrected chi connectivity index (χ0v) is 22.6. The van der Waals surface area contributed by atoms with E-state index in [1.807, 2.05) is 24.3 Å². The molecular formula is C29H35ClN6O2. The highest BCUT2D eigenvalue weighted by Gasteiger charge is 2.35. The standard InChI is InChI=1S/C29H35ClN6O2/c1-34-10-3-5-21(34)17-38-29-32-25-16-35(26-13-22(37)12-18-4-2-6-24(30)27(18)26)11-9-23(25)28(33-29)36-14-19-7-8-20(15-36)31-19/h2,4,6,12-13,19-21,31,37H,3,5,7-11,14-17H2,1H3/t19-,20+,21?. The molecular weight excluding hydrogens is 500 g/mol. The van der Waals surface area contributed by atoms with E-state index < -0.39 is 0 Å². The molecule has 3 atom stereocenters. The van der Waals surface area contributed by atoms with E-state index in [1.54, 1.807) is 6.07 Å². The van der Waals surface area contributed by atoms with E-state index in [2.05, 4.69) is 27.1 Å². The summed E-state index contributed by atoms with van der Waals surface area (Å²) in [6.45, 7) is 5.09. The predicted molar refractivity (Wildman–Crippen MR) is 151 cm³/mol. The van der Waals surface area contributed by atoms with Gasteiger partial charge in [0.15, 0.2) is 0 Å². The lowest BCUT2D eigenvalue weighted by atomic mass is 10.0. The van der Waals surface area contributed by atoms with Gasteiger partial charge in [0.2, 0.25) is 0 Å². The fraction of sp³-hybridized carbons (Fsp3) is 0.517. The van der Waals surface area contributed by atoms with Crippen LogP contribution in [-0.4, -0.2) is 77.9 Å². The Morgan fingerprint density at radius 2 is 1.92 bits per heavy atom. The number of likely N-dealkylation sites (tertiary alicyclic amines) is 1. The minimum Gasteiger partial charge on any atom is -0.508 e. The Hall–Kier alpha value is -2.81. The summed E-state index contributed by atoms with van der Waals surface area (Å²) in [6, 6.07) is 11.4. The van der Waals surface area contributed by atoms with Crippen LogP contribution in [0.5, 0.6) is 11.8 Å². The average molecular weight is 535 g/mol. The van der Waals surface area contributed by atoms with Crippen molar-refractivity contribution in [2.45, 2.75) is 56.8 Å². The molecule has 4 aliphatic heterocycles. The van der Waals surface area contributed by atoms with Crippen LogP contribution < -0.4 is 19.9 Å². The van der Waals surface area contributed by atoms with E-state index in [4.69, 9.17) is 26.3 Å². The molecule has 2 bridgehead atoms. The van der Waals surface area contributed by atoms with E-state index in [0.717, 1.165) is 67.0 Å². The van der Waals surface area contributed by atoms with Crippen molar-refractivity contribution in [3.05, 3.63) is 46.6 Å². The second-order valence-corrected chi connectivity index (χ2v) is 11.8. The first kappa shape index (κ1) is 24.2. The van der Waals surface area contributed by atoms with Crippen molar-refractivity contribution in [1.82, 2.24) is 20.2 Å². The number of aromatic hydroxyl groups is 1. The maximum Gasteiger partial charge on any atom is 0.318 e. The zero-order valence-electron chi connectivity index (χ0n) is 21.9. The molecule has 3 aromatic rings. The molecule has 2 N–H and O–H groups in total. The second-order valence-electron chi connectivity index (χ2n) is 11.4. The number of nitrogens with one attached hydrogen (secondary N) is 1. The van der Waals surface area contributed by atoms with Crippen LogP contribution in [0.1, 0.15) is 36.9 Å². The fourth-order valence-electron chi connectivity index (χ4n) is 6.84. The fourth-order valence-corrected chi connectivity index (χ4v) is 7.12. The van der Waals surface area contributed by atoms with Gasteiger partial charge in [-0.1, -0.05) is 23.7 Å². The van der Waals surface area contributed by atoms with E-state index in [0.29, 0.717) is 42.3 Å². The molecule has 2 aromatic carbocycles. The Bertz CT molecular complexity index is 1360. The minimum atomic E-state index is 0.241. The van der Waals surface area contributed by atoms with E-state index >= 15 is 0 Å². The van der Waals surface area contributed by atoms with E-state index in [9.17, 15) is 5.11 Å². The van der Waals surface area contributed by atoms with Gasteiger partial charge in [-0.2, -0.15) is 9.97 Å². The number of anilines is 2. The van der Waals surface area contributed by atoms with E-state index in [1.165, 1.54) is 24.8 Å². The summed E-state index contributed by atoms with van der Waals surface area (Å²) in [5.41, 5.74) is 3.17. The number of rotatable bonds is 5. The number of fused-ring (bicyclic) bond motifs is 4. The molecule has 5 heterocycles. The van der Waals surface area contributed by atoms with Crippen LogP contribution in [0.25, 0.3) is 10.8 Å². The van der Waals surface area contributed by atoms with Gasteiger partial charge in [0.1, 0.15) is 18.2 Å². The van der Waals surface area contributed by atoms with Gasteiger partial charge in [0.25, 0.3) is 0 Å². The average Bonchev–Trinajstić information content (AvgIpc) is 3.49. The lowest BCUT2D eigenvalue weighted by molar-refractivity contribution is 0.187. The van der Waals surface area contributed by atoms with Crippen molar-refractivity contribution in [3.63, 3.8) is 0 Å². The Labute approximate surface area is 228 Å². The van der Waals surface area contributed by atoms with Crippen LogP contribution in [-0.2, 0) is 13.0 Å². The summed E-state index contributed by atoms with van der Waals surface area (Å²) < 4.78 is 6.29. The molecule has 1 unspecified atom stereocenters. The van der Waals surface area contributed by atoms with Crippen molar-refractivity contribution in [2.75, 3.05) is 49.6 Å². The Balaban J connectivity index is 1.24. The highest BCUT2D eigenvalue weighted by Crippen LogP contribution is 2.39. The molecule has 8 nitrogen and oxygen atoms in total. The van der Waals surface area contributed by atoms with Crippen molar-refractivity contribution < 1.29 is 9.84 Å². The molecule has 7 rings (SSSR count). The van der Waals surface area contributed by atoms with Crippen LogP contribution in [0.3, 0.4) is 0 Å². The number of likely N-dealkylation sites (N-methyl/N-ethyl adjacent to an activating group) is 1. The number of hydrogen-bond donors (Lipinski definition) is 2. The van der Waals surface area contributed by atoms with Gasteiger partial charge in [-0.15, -0.1) is 0 Å².